The number of nitrogens with zero attached hydrogens (tertiary/aromatic N) is 3. The molecule has 3 aromatic rings. The molecule has 0 bridgehead atoms. The summed E-state index contributed by atoms with van der Waals surface area (Å²) in [7, 11) is 1.81. The summed E-state index contributed by atoms with van der Waals surface area (Å²) in [5.74, 6) is 0.115. The van der Waals surface area contributed by atoms with Crippen LogP contribution in [0.4, 0.5) is 0 Å². The van der Waals surface area contributed by atoms with Crippen molar-refractivity contribution in [3.8, 4) is 28.5 Å². The first-order valence-corrected chi connectivity index (χ1v) is 10.3. The van der Waals surface area contributed by atoms with Crippen LogP contribution in [0.5, 0.6) is 17.2 Å². The molecular weight excluding hydrogens is 396 g/mol. The molecule has 0 unspecified atom stereocenters. The standard InChI is InChI=1S/C23H26N4O4/c1-26(23(31)22-24-13-19(25-22)16-3-5-18(28)6-4-16)17-8-10-27(11-9-17)14-15-2-7-20(29)21(30)12-15/h2-7,12-13,17,28-30H,8-11,14H2,1H3,(H,24,25). The van der Waals surface area contributed by atoms with E-state index in [2.05, 4.69) is 14.9 Å². The molecule has 1 aliphatic rings. The van der Waals surface area contributed by atoms with Crippen LogP contribution in [0.15, 0.2) is 48.7 Å². The molecule has 0 aliphatic carbocycles. The van der Waals surface area contributed by atoms with E-state index in [1.165, 1.54) is 6.07 Å². The highest BCUT2D eigenvalue weighted by molar-refractivity contribution is 5.91. The van der Waals surface area contributed by atoms with Gasteiger partial charge in [-0.2, -0.15) is 0 Å². The van der Waals surface area contributed by atoms with Gasteiger partial charge < -0.3 is 25.2 Å². The molecule has 1 aromatic heterocycles. The Morgan fingerprint density at radius 3 is 2.48 bits per heavy atom. The van der Waals surface area contributed by atoms with Gasteiger partial charge in [-0.25, -0.2) is 4.98 Å². The number of imidazole rings is 1. The first kappa shape index (κ1) is 20.7. The van der Waals surface area contributed by atoms with E-state index in [4.69, 9.17) is 0 Å². The minimum absolute atomic E-state index is 0.108. The number of phenols is 3. The number of hydrogen-bond donors (Lipinski definition) is 4. The van der Waals surface area contributed by atoms with Gasteiger partial charge in [0.15, 0.2) is 17.3 Å². The van der Waals surface area contributed by atoms with E-state index in [-0.39, 0.29) is 29.2 Å². The van der Waals surface area contributed by atoms with Gasteiger partial charge in [0.2, 0.25) is 0 Å². The van der Waals surface area contributed by atoms with Crippen LogP contribution < -0.4 is 0 Å². The molecule has 4 rings (SSSR count). The number of benzene rings is 2. The van der Waals surface area contributed by atoms with E-state index >= 15 is 0 Å². The summed E-state index contributed by atoms with van der Waals surface area (Å²) in [6.07, 6.45) is 3.32. The molecule has 31 heavy (non-hydrogen) atoms. The number of amides is 1. The lowest BCUT2D eigenvalue weighted by atomic mass is 10.0. The Labute approximate surface area is 180 Å². The number of piperidine rings is 1. The van der Waals surface area contributed by atoms with Crippen molar-refractivity contribution in [2.24, 2.45) is 0 Å². The first-order chi connectivity index (χ1) is 14.9. The van der Waals surface area contributed by atoms with Crippen molar-refractivity contribution in [3.05, 3.63) is 60.0 Å². The zero-order valence-electron chi connectivity index (χ0n) is 17.3. The minimum Gasteiger partial charge on any atom is -0.508 e. The van der Waals surface area contributed by atoms with Crippen molar-refractivity contribution < 1.29 is 20.1 Å². The Balaban J connectivity index is 1.34. The molecule has 2 aromatic carbocycles. The average molecular weight is 422 g/mol. The maximum Gasteiger partial charge on any atom is 0.289 e. The molecule has 0 spiro atoms. The van der Waals surface area contributed by atoms with Crippen LogP contribution in [0.25, 0.3) is 11.3 Å². The summed E-state index contributed by atoms with van der Waals surface area (Å²) in [5.41, 5.74) is 2.51. The van der Waals surface area contributed by atoms with Crippen LogP contribution in [0, 0.1) is 0 Å². The van der Waals surface area contributed by atoms with Crippen LogP contribution >= 0.6 is 0 Å². The van der Waals surface area contributed by atoms with Crippen LogP contribution in [0.3, 0.4) is 0 Å². The van der Waals surface area contributed by atoms with Gasteiger partial charge in [0.1, 0.15) is 5.75 Å². The maximum atomic E-state index is 12.9. The average Bonchev–Trinajstić information content (AvgIpc) is 3.26. The molecule has 8 heteroatoms. The monoisotopic (exact) mass is 422 g/mol. The molecule has 1 aliphatic heterocycles. The molecule has 8 nitrogen and oxygen atoms in total. The predicted molar refractivity (Wildman–Crippen MR) is 116 cm³/mol. The Hall–Kier alpha value is -3.52. The summed E-state index contributed by atoms with van der Waals surface area (Å²) < 4.78 is 0. The van der Waals surface area contributed by atoms with Crippen molar-refractivity contribution in [3.63, 3.8) is 0 Å². The zero-order chi connectivity index (χ0) is 22.0. The normalized spacial score (nSPS) is 15.1. The van der Waals surface area contributed by atoms with E-state index in [0.29, 0.717) is 12.4 Å². The summed E-state index contributed by atoms with van der Waals surface area (Å²) in [6, 6.07) is 11.7. The van der Waals surface area contributed by atoms with E-state index in [0.717, 1.165) is 42.8 Å². The second-order valence-corrected chi connectivity index (χ2v) is 7.94. The van der Waals surface area contributed by atoms with Crippen LogP contribution in [0.1, 0.15) is 29.0 Å². The van der Waals surface area contributed by atoms with Gasteiger partial charge in [-0.15, -0.1) is 0 Å². The Morgan fingerprint density at radius 2 is 1.81 bits per heavy atom. The summed E-state index contributed by atoms with van der Waals surface area (Å²) >= 11 is 0. The fraction of sp³-hybridized carbons (Fsp3) is 0.304. The highest BCUT2D eigenvalue weighted by Crippen LogP contribution is 2.27. The van der Waals surface area contributed by atoms with Crippen molar-refractivity contribution in [2.75, 3.05) is 20.1 Å². The number of hydrogen-bond acceptors (Lipinski definition) is 6. The van der Waals surface area contributed by atoms with Crippen LogP contribution in [0.2, 0.25) is 0 Å². The van der Waals surface area contributed by atoms with Gasteiger partial charge in [-0.3, -0.25) is 9.69 Å². The molecule has 2 heterocycles. The number of aromatic hydroxyl groups is 3. The lowest BCUT2D eigenvalue weighted by Crippen LogP contribution is -2.45. The van der Waals surface area contributed by atoms with E-state index in [1.807, 2.05) is 7.05 Å². The quantitative estimate of drug-likeness (QED) is 0.470. The Kier molecular flexibility index (Phi) is 5.81. The number of phenolic OH excluding ortho intramolecular Hbond substituents is 3. The Morgan fingerprint density at radius 1 is 1.10 bits per heavy atom. The number of carbonyl (C=O) groups excluding carboxylic acids is 1. The third-order valence-electron chi connectivity index (χ3n) is 5.83. The molecular formula is C23H26N4O4. The number of aromatic amines is 1. The molecule has 1 saturated heterocycles. The van der Waals surface area contributed by atoms with E-state index in [1.54, 1.807) is 47.5 Å². The van der Waals surface area contributed by atoms with E-state index < -0.39 is 0 Å². The first-order valence-electron chi connectivity index (χ1n) is 10.3. The Bertz CT molecular complexity index is 1060. The number of H-pyrrole nitrogens is 1. The smallest absolute Gasteiger partial charge is 0.289 e. The number of likely N-dealkylation sites (tertiary alicyclic amines) is 1. The third kappa shape index (κ3) is 4.64. The number of aromatic nitrogens is 2. The van der Waals surface area contributed by atoms with Crippen molar-refractivity contribution >= 4 is 5.91 Å². The SMILES string of the molecule is CN(C(=O)c1ncc(-c2ccc(O)cc2)[nH]1)C1CCN(Cc2ccc(O)c(O)c2)CC1. The lowest BCUT2D eigenvalue weighted by molar-refractivity contribution is 0.0625. The zero-order valence-corrected chi connectivity index (χ0v) is 17.3. The fourth-order valence-electron chi connectivity index (χ4n) is 3.94. The third-order valence-corrected chi connectivity index (χ3v) is 5.83. The van der Waals surface area contributed by atoms with E-state index in [9.17, 15) is 20.1 Å². The van der Waals surface area contributed by atoms with Crippen LogP contribution in [-0.4, -0.2) is 67.2 Å². The van der Waals surface area contributed by atoms with Gasteiger partial charge in [0.05, 0.1) is 11.9 Å². The molecule has 162 valence electrons. The van der Waals surface area contributed by atoms with Crippen LogP contribution in [-0.2, 0) is 6.54 Å². The fourth-order valence-corrected chi connectivity index (χ4v) is 3.94. The number of carbonyl (C=O) groups is 1. The molecule has 0 saturated carbocycles. The van der Waals surface area contributed by atoms with Gasteiger partial charge in [-0.05, 0) is 60.4 Å². The van der Waals surface area contributed by atoms with Crippen molar-refractivity contribution in [1.29, 1.82) is 0 Å². The molecule has 0 atom stereocenters. The summed E-state index contributed by atoms with van der Waals surface area (Å²) in [4.78, 5) is 24.3. The van der Waals surface area contributed by atoms with Crippen molar-refractivity contribution in [2.45, 2.75) is 25.4 Å². The highest BCUT2D eigenvalue weighted by Gasteiger charge is 2.27. The second-order valence-electron chi connectivity index (χ2n) is 7.94. The van der Waals surface area contributed by atoms with Gasteiger partial charge >= 0.3 is 0 Å². The largest absolute Gasteiger partial charge is 0.508 e. The van der Waals surface area contributed by atoms with Gasteiger partial charge in [-0.1, -0.05) is 6.07 Å². The summed E-state index contributed by atoms with van der Waals surface area (Å²) in [6.45, 7) is 2.36. The number of rotatable bonds is 5. The van der Waals surface area contributed by atoms with Crippen molar-refractivity contribution in [1.82, 2.24) is 19.8 Å². The summed E-state index contributed by atoms with van der Waals surface area (Å²) in [5, 5.41) is 28.5. The molecule has 0 radical (unpaired) electrons. The maximum absolute atomic E-state index is 12.9. The topological polar surface area (TPSA) is 113 Å². The predicted octanol–water partition coefficient (Wildman–Crippen LogP) is 2.93. The van der Waals surface area contributed by atoms with Gasteiger partial charge in [0.25, 0.3) is 5.91 Å². The highest BCUT2D eigenvalue weighted by atomic mass is 16.3. The molecule has 1 amide bonds. The lowest BCUT2D eigenvalue weighted by Gasteiger charge is -2.36. The molecule has 4 N–H and O–H groups in total. The number of nitrogens with one attached hydrogen (secondary N) is 1. The van der Waals surface area contributed by atoms with Gasteiger partial charge in [0, 0.05) is 32.7 Å². The second kappa shape index (κ2) is 8.69. The molecule has 1 fully saturated rings. The minimum atomic E-state index is -0.146.